The Hall–Kier alpha value is -1.82. The van der Waals surface area contributed by atoms with Gasteiger partial charge in [-0.2, -0.15) is 0 Å². The first-order valence-corrected chi connectivity index (χ1v) is 6.87. The van der Waals surface area contributed by atoms with Gasteiger partial charge in [0.15, 0.2) is 0 Å². The van der Waals surface area contributed by atoms with Crippen molar-refractivity contribution in [2.24, 2.45) is 0 Å². The van der Waals surface area contributed by atoms with Gasteiger partial charge >= 0.3 is 0 Å². The van der Waals surface area contributed by atoms with Crippen LogP contribution in [-0.2, 0) is 11.3 Å². The van der Waals surface area contributed by atoms with Crippen molar-refractivity contribution in [3.05, 3.63) is 28.7 Å². The van der Waals surface area contributed by atoms with E-state index in [2.05, 4.69) is 24.1 Å². The molecule has 0 aliphatic heterocycles. The van der Waals surface area contributed by atoms with Crippen molar-refractivity contribution in [3.63, 3.8) is 0 Å². The predicted octanol–water partition coefficient (Wildman–Crippen LogP) is 0.277. The highest BCUT2D eigenvalue weighted by molar-refractivity contribution is 5.75. The molecule has 6 heteroatoms. The van der Waals surface area contributed by atoms with Gasteiger partial charge in [0.25, 0.3) is 5.56 Å². The molecule has 0 spiro atoms. The van der Waals surface area contributed by atoms with Gasteiger partial charge in [-0.3, -0.25) is 9.59 Å². The fraction of sp³-hybridized carbons (Fsp3) is 0.571. The molecular formula is C14H24N4O2. The average molecular weight is 280 g/mol. The number of nitrogens with one attached hydrogen (secondary N) is 1. The van der Waals surface area contributed by atoms with Crippen LogP contribution in [-0.4, -0.2) is 41.6 Å². The molecule has 112 valence electrons. The van der Waals surface area contributed by atoms with E-state index >= 15 is 0 Å². The third-order valence-corrected chi connectivity index (χ3v) is 3.45. The standard InChI is InChI=1S/C14H24N4O2/c1-4-11(2)17(3)8-7-16-13(19)10-18-9-12(15)5-6-14(18)20/h5-6,9,11H,4,7-8,10,15H2,1-3H3,(H,16,19). The van der Waals surface area contributed by atoms with E-state index in [0.29, 0.717) is 18.3 Å². The second-order valence-corrected chi connectivity index (χ2v) is 5.02. The summed E-state index contributed by atoms with van der Waals surface area (Å²) in [6.07, 6.45) is 2.55. The van der Waals surface area contributed by atoms with Gasteiger partial charge in [0.2, 0.25) is 5.91 Å². The lowest BCUT2D eigenvalue weighted by molar-refractivity contribution is -0.121. The Bertz CT molecular complexity index is 498. The number of likely N-dealkylation sites (N-methyl/N-ethyl adjacent to an activating group) is 1. The number of amides is 1. The van der Waals surface area contributed by atoms with Crippen molar-refractivity contribution in [1.82, 2.24) is 14.8 Å². The Balaban J connectivity index is 2.41. The zero-order valence-corrected chi connectivity index (χ0v) is 12.4. The zero-order valence-electron chi connectivity index (χ0n) is 12.4. The first-order valence-electron chi connectivity index (χ1n) is 6.87. The summed E-state index contributed by atoms with van der Waals surface area (Å²) in [5, 5.41) is 2.81. The molecule has 1 unspecified atom stereocenters. The van der Waals surface area contributed by atoms with Crippen molar-refractivity contribution in [2.75, 3.05) is 25.9 Å². The van der Waals surface area contributed by atoms with Crippen molar-refractivity contribution >= 4 is 11.6 Å². The topological polar surface area (TPSA) is 80.4 Å². The summed E-state index contributed by atoms with van der Waals surface area (Å²) in [4.78, 5) is 25.5. The van der Waals surface area contributed by atoms with E-state index in [0.717, 1.165) is 13.0 Å². The molecule has 3 N–H and O–H groups in total. The van der Waals surface area contributed by atoms with Crippen LogP contribution < -0.4 is 16.6 Å². The number of pyridine rings is 1. The normalized spacial score (nSPS) is 12.4. The molecule has 1 aromatic heterocycles. The largest absolute Gasteiger partial charge is 0.398 e. The van der Waals surface area contributed by atoms with E-state index in [1.54, 1.807) is 0 Å². The maximum atomic E-state index is 11.8. The van der Waals surface area contributed by atoms with E-state index < -0.39 is 0 Å². The van der Waals surface area contributed by atoms with Crippen LogP contribution in [0, 0.1) is 0 Å². The van der Waals surface area contributed by atoms with Crippen LogP contribution in [0.3, 0.4) is 0 Å². The molecule has 1 heterocycles. The highest BCUT2D eigenvalue weighted by Crippen LogP contribution is 1.98. The first-order chi connectivity index (χ1) is 9.43. The summed E-state index contributed by atoms with van der Waals surface area (Å²) in [5.41, 5.74) is 5.83. The highest BCUT2D eigenvalue weighted by atomic mass is 16.2. The molecule has 1 aromatic rings. The summed E-state index contributed by atoms with van der Waals surface area (Å²) >= 11 is 0. The first kappa shape index (κ1) is 16.2. The zero-order chi connectivity index (χ0) is 15.1. The minimum atomic E-state index is -0.230. The molecule has 1 amide bonds. The molecule has 0 aliphatic rings. The number of carbonyl (C=O) groups excluding carboxylic acids is 1. The third kappa shape index (κ3) is 5.05. The van der Waals surface area contributed by atoms with Crippen LogP contribution >= 0.6 is 0 Å². The number of nitrogens with two attached hydrogens (primary N) is 1. The molecule has 20 heavy (non-hydrogen) atoms. The van der Waals surface area contributed by atoms with E-state index in [9.17, 15) is 9.59 Å². The van der Waals surface area contributed by atoms with Crippen LogP contribution in [0.1, 0.15) is 20.3 Å². The third-order valence-electron chi connectivity index (χ3n) is 3.45. The van der Waals surface area contributed by atoms with Gasteiger partial charge in [-0.15, -0.1) is 0 Å². The minimum absolute atomic E-state index is 0.00306. The Kier molecular flexibility index (Phi) is 6.24. The maximum absolute atomic E-state index is 11.8. The summed E-state index contributed by atoms with van der Waals surface area (Å²) in [6, 6.07) is 3.38. The fourth-order valence-electron chi connectivity index (χ4n) is 1.79. The van der Waals surface area contributed by atoms with Crippen molar-refractivity contribution in [3.8, 4) is 0 Å². The Morgan fingerprint density at radius 3 is 2.85 bits per heavy atom. The van der Waals surface area contributed by atoms with E-state index in [4.69, 9.17) is 5.73 Å². The molecular weight excluding hydrogens is 256 g/mol. The van der Waals surface area contributed by atoms with Gasteiger partial charge in [0, 0.05) is 37.1 Å². The fourth-order valence-corrected chi connectivity index (χ4v) is 1.79. The van der Waals surface area contributed by atoms with Crippen LogP contribution in [0.15, 0.2) is 23.1 Å². The lowest BCUT2D eigenvalue weighted by Crippen LogP contribution is -2.39. The molecule has 6 nitrogen and oxygen atoms in total. The predicted molar refractivity (Wildman–Crippen MR) is 80.5 cm³/mol. The van der Waals surface area contributed by atoms with E-state index in [1.807, 2.05) is 7.05 Å². The van der Waals surface area contributed by atoms with E-state index in [1.165, 1.54) is 22.9 Å². The summed E-state index contributed by atoms with van der Waals surface area (Å²) in [7, 11) is 2.03. The molecule has 0 aliphatic carbocycles. The average Bonchev–Trinajstić information content (AvgIpc) is 2.41. The van der Waals surface area contributed by atoms with Crippen molar-refractivity contribution in [2.45, 2.75) is 32.9 Å². The maximum Gasteiger partial charge on any atom is 0.251 e. The van der Waals surface area contributed by atoms with Crippen LogP contribution in [0.4, 0.5) is 5.69 Å². The van der Waals surface area contributed by atoms with Gasteiger partial charge < -0.3 is 20.5 Å². The summed E-state index contributed by atoms with van der Waals surface area (Å²) in [6.45, 7) is 5.63. The van der Waals surface area contributed by atoms with Gasteiger partial charge in [-0.25, -0.2) is 0 Å². The van der Waals surface area contributed by atoms with E-state index in [-0.39, 0.29) is 18.0 Å². The van der Waals surface area contributed by atoms with Gasteiger partial charge in [0.1, 0.15) is 6.54 Å². The lowest BCUT2D eigenvalue weighted by atomic mass is 10.2. The second kappa shape index (κ2) is 7.69. The Morgan fingerprint density at radius 1 is 1.50 bits per heavy atom. The van der Waals surface area contributed by atoms with Gasteiger partial charge in [0.05, 0.1) is 0 Å². The molecule has 0 bridgehead atoms. The molecule has 1 atom stereocenters. The van der Waals surface area contributed by atoms with Crippen LogP contribution in [0.25, 0.3) is 0 Å². The van der Waals surface area contributed by atoms with Gasteiger partial charge in [-0.1, -0.05) is 6.92 Å². The molecule has 0 fully saturated rings. The number of hydrogen-bond acceptors (Lipinski definition) is 4. The molecule has 1 rings (SSSR count). The number of hydrogen-bond donors (Lipinski definition) is 2. The number of nitrogens with zero attached hydrogens (tertiary/aromatic N) is 2. The smallest absolute Gasteiger partial charge is 0.251 e. The Morgan fingerprint density at radius 2 is 2.20 bits per heavy atom. The van der Waals surface area contributed by atoms with Crippen LogP contribution in [0.5, 0.6) is 0 Å². The number of anilines is 1. The molecule has 0 saturated heterocycles. The number of aromatic nitrogens is 1. The number of carbonyl (C=O) groups is 1. The summed E-state index contributed by atoms with van der Waals surface area (Å²) < 4.78 is 1.31. The molecule has 0 aromatic carbocycles. The molecule has 0 saturated carbocycles. The lowest BCUT2D eigenvalue weighted by Gasteiger charge is -2.23. The second-order valence-electron chi connectivity index (χ2n) is 5.02. The molecule has 0 radical (unpaired) electrons. The quantitative estimate of drug-likeness (QED) is 0.751. The van der Waals surface area contributed by atoms with Crippen molar-refractivity contribution in [1.29, 1.82) is 0 Å². The monoisotopic (exact) mass is 280 g/mol. The van der Waals surface area contributed by atoms with Gasteiger partial charge in [-0.05, 0) is 26.5 Å². The summed E-state index contributed by atoms with van der Waals surface area (Å²) in [5.74, 6) is -0.185. The minimum Gasteiger partial charge on any atom is -0.398 e. The SMILES string of the molecule is CCC(C)N(C)CCNC(=O)Cn1cc(N)ccc1=O. The van der Waals surface area contributed by atoms with Crippen LogP contribution in [0.2, 0.25) is 0 Å². The van der Waals surface area contributed by atoms with Crippen molar-refractivity contribution < 1.29 is 4.79 Å². The number of rotatable bonds is 7. The highest BCUT2D eigenvalue weighted by Gasteiger charge is 2.08. The number of nitrogen functional groups attached to an aromatic ring is 1. The Labute approximate surface area is 119 Å².